The Morgan fingerprint density at radius 3 is 2.25 bits per heavy atom. The molecule has 0 radical (unpaired) electrons. The van der Waals surface area contributed by atoms with Crippen molar-refractivity contribution in [1.29, 1.82) is 0 Å². The van der Waals surface area contributed by atoms with Crippen LogP contribution in [0.15, 0.2) is 36.4 Å². The summed E-state index contributed by atoms with van der Waals surface area (Å²) in [4.78, 5) is 11.9. The number of anilines is 1. The van der Waals surface area contributed by atoms with Gasteiger partial charge in [-0.15, -0.1) is 0 Å². The van der Waals surface area contributed by atoms with Crippen molar-refractivity contribution in [2.75, 3.05) is 18.4 Å². The molecule has 2 aromatic rings. The minimum absolute atomic E-state index is 0.0204. The summed E-state index contributed by atoms with van der Waals surface area (Å²) in [5.41, 5.74) is 5.77. The highest BCUT2D eigenvalue weighted by Crippen LogP contribution is 2.21. The molecule has 2 N–H and O–H groups in total. The molecular weight excluding hydrogens is 303 g/mol. The zero-order chi connectivity index (χ0) is 17.5. The summed E-state index contributed by atoms with van der Waals surface area (Å²) in [6, 6.07) is 10.6. The van der Waals surface area contributed by atoms with Crippen LogP contribution >= 0.6 is 0 Å². The van der Waals surface area contributed by atoms with Gasteiger partial charge in [-0.3, -0.25) is 4.79 Å². The Morgan fingerprint density at radius 1 is 1.00 bits per heavy atom. The van der Waals surface area contributed by atoms with E-state index in [1.807, 2.05) is 0 Å². The Morgan fingerprint density at radius 2 is 1.62 bits per heavy atom. The van der Waals surface area contributed by atoms with Crippen molar-refractivity contribution in [2.45, 2.75) is 33.6 Å². The molecule has 1 amide bonds. The molecule has 0 saturated heterocycles. The van der Waals surface area contributed by atoms with Gasteiger partial charge in [0, 0.05) is 25.2 Å². The molecule has 128 valence electrons. The molecule has 2 aromatic carbocycles. The first-order chi connectivity index (χ1) is 11.5. The number of hydrogen-bond donors (Lipinski definition) is 2. The van der Waals surface area contributed by atoms with Crippen LogP contribution in [-0.2, 0) is 11.2 Å². The summed E-state index contributed by atoms with van der Waals surface area (Å²) in [5.74, 6) is -0.220. The maximum Gasteiger partial charge on any atom is 0.221 e. The molecule has 0 bridgehead atoms. The molecule has 0 aromatic heterocycles. The number of rotatable bonds is 7. The Hall–Kier alpha value is -2.36. The van der Waals surface area contributed by atoms with Gasteiger partial charge in [0.1, 0.15) is 5.82 Å². The highest BCUT2D eigenvalue weighted by molar-refractivity contribution is 5.76. The fraction of sp³-hybridized carbons (Fsp3) is 0.350. The molecule has 0 aliphatic carbocycles. The largest absolute Gasteiger partial charge is 0.384 e. The molecule has 0 heterocycles. The fourth-order valence-electron chi connectivity index (χ4n) is 2.85. The summed E-state index contributed by atoms with van der Waals surface area (Å²) >= 11 is 0. The van der Waals surface area contributed by atoms with Gasteiger partial charge >= 0.3 is 0 Å². The van der Waals surface area contributed by atoms with Crippen LogP contribution in [0.3, 0.4) is 0 Å². The number of hydrogen-bond acceptors (Lipinski definition) is 2. The predicted octanol–water partition coefficient (Wildman–Crippen LogP) is 3.91. The second-order valence-electron chi connectivity index (χ2n) is 6.18. The Labute approximate surface area is 143 Å². The van der Waals surface area contributed by atoms with Crippen LogP contribution in [-0.4, -0.2) is 19.0 Å². The van der Waals surface area contributed by atoms with E-state index >= 15 is 0 Å². The lowest BCUT2D eigenvalue weighted by Crippen LogP contribution is -2.27. The first-order valence-corrected chi connectivity index (χ1v) is 8.28. The molecule has 0 aliphatic heterocycles. The quantitative estimate of drug-likeness (QED) is 0.809. The van der Waals surface area contributed by atoms with Gasteiger partial charge in [-0.25, -0.2) is 4.39 Å². The zero-order valence-corrected chi connectivity index (χ0v) is 14.6. The molecular formula is C20H25FN2O. The van der Waals surface area contributed by atoms with Crippen molar-refractivity contribution >= 4 is 11.6 Å². The molecule has 0 fully saturated rings. The van der Waals surface area contributed by atoms with Gasteiger partial charge in [0.25, 0.3) is 0 Å². The topological polar surface area (TPSA) is 41.1 Å². The molecule has 2 rings (SSSR count). The number of benzene rings is 2. The van der Waals surface area contributed by atoms with Crippen LogP contribution in [0.1, 0.15) is 28.7 Å². The third-order valence-electron chi connectivity index (χ3n) is 3.98. The lowest BCUT2D eigenvalue weighted by Gasteiger charge is -2.14. The van der Waals surface area contributed by atoms with Gasteiger partial charge in [0.2, 0.25) is 5.91 Å². The van der Waals surface area contributed by atoms with Crippen molar-refractivity contribution < 1.29 is 9.18 Å². The summed E-state index contributed by atoms with van der Waals surface area (Å²) < 4.78 is 12.8. The molecule has 0 saturated carbocycles. The van der Waals surface area contributed by atoms with Crippen LogP contribution < -0.4 is 10.6 Å². The Balaban J connectivity index is 1.71. The molecule has 4 heteroatoms. The van der Waals surface area contributed by atoms with E-state index in [0.717, 1.165) is 11.3 Å². The first kappa shape index (κ1) is 18.0. The van der Waals surface area contributed by atoms with E-state index in [1.54, 1.807) is 12.1 Å². The third-order valence-corrected chi connectivity index (χ3v) is 3.98. The van der Waals surface area contributed by atoms with Crippen LogP contribution in [0, 0.1) is 26.6 Å². The number of amides is 1. The first-order valence-electron chi connectivity index (χ1n) is 8.28. The van der Waals surface area contributed by atoms with Gasteiger partial charge in [0.05, 0.1) is 0 Å². The second kappa shape index (κ2) is 8.48. The number of carbonyl (C=O) groups excluding carboxylic acids is 1. The molecule has 0 aliphatic rings. The van der Waals surface area contributed by atoms with Gasteiger partial charge in [-0.2, -0.15) is 0 Å². The van der Waals surface area contributed by atoms with Crippen molar-refractivity contribution in [3.63, 3.8) is 0 Å². The van der Waals surface area contributed by atoms with E-state index in [2.05, 4.69) is 43.5 Å². The summed E-state index contributed by atoms with van der Waals surface area (Å²) in [6.07, 6.45) is 1.13. The fourth-order valence-corrected chi connectivity index (χ4v) is 2.85. The van der Waals surface area contributed by atoms with Crippen LogP contribution in [0.2, 0.25) is 0 Å². The van der Waals surface area contributed by atoms with Gasteiger partial charge < -0.3 is 10.6 Å². The molecule has 24 heavy (non-hydrogen) atoms. The molecule has 3 nitrogen and oxygen atoms in total. The van der Waals surface area contributed by atoms with E-state index in [4.69, 9.17) is 0 Å². The average Bonchev–Trinajstić information content (AvgIpc) is 2.52. The Bertz CT molecular complexity index is 672. The minimum Gasteiger partial charge on any atom is -0.384 e. The summed E-state index contributed by atoms with van der Waals surface area (Å²) in [7, 11) is 0. The highest BCUT2D eigenvalue weighted by Gasteiger charge is 2.05. The van der Waals surface area contributed by atoms with Crippen LogP contribution in [0.5, 0.6) is 0 Å². The maximum absolute atomic E-state index is 12.8. The van der Waals surface area contributed by atoms with Gasteiger partial charge in [-0.05, 0) is 56.0 Å². The molecule has 0 spiro atoms. The summed E-state index contributed by atoms with van der Waals surface area (Å²) in [6.45, 7) is 7.40. The van der Waals surface area contributed by atoms with E-state index < -0.39 is 0 Å². The smallest absolute Gasteiger partial charge is 0.221 e. The predicted molar refractivity (Wildman–Crippen MR) is 96.9 cm³/mol. The summed E-state index contributed by atoms with van der Waals surface area (Å²) in [5, 5.41) is 6.25. The number of nitrogens with one attached hydrogen (secondary N) is 2. The standard InChI is InChI=1S/C20H25FN2O/c1-14-12-15(2)20(16(3)13-14)23-11-9-19(24)22-10-8-17-4-6-18(21)7-5-17/h4-7,12-13,23H,8-11H2,1-3H3,(H,22,24). The van der Waals surface area contributed by atoms with Gasteiger partial charge in [0.15, 0.2) is 0 Å². The van der Waals surface area contributed by atoms with Crippen LogP contribution in [0.25, 0.3) is 0 Å². The SMILES string of the molecule is Cc1cc(C)c(NCCC(=O)NCCc2ccc(F)cc2)c(C)c1. The van der Waals surface area contributed by atoms with E-state index in [0.29, 0.717) is 25.9 Å². The molecule has 0 atom stereocenters. The normalized spacial score (nSPS) is 10.5. The number of carbonyl (C=O) groups is 1. The van der Waals surface area contributed by atoms with Crippen LogP contribution in [0.4, 0.5) is 10.1 Å². The number of halogens is 1. The lowest BCUT2D eigenvalue weighted by atomic mass is 10.1. The highest BCUT2D eigenvalue weighted by atomic mass is 19.1. The Kier molecular flexibility index (Phi) is 6.36. The second-order valence-corrected chi connectivity index (χ2v) is 6.18. The van der Waals surface area contributed by atoms with Crippen molar-refractivity contribution in [3.8, 4) is 0 Å². The van der Waals surface area contributed by atoms with E-state index in [1.165, 1.54) is 28.8 Å². The van der Waals surface area contributed by atoms with Gasteiger partial charge in [-0.1, -0.05) is 29.8 Å². The van der Waals surface area contributed by atoms with Crippen molar-refractivity contribution in [3.05, 3.63) is 64.5 Å². The maximum atomic E-state index is 12.8. The monoisotopic (exact) mass is 328 g/mol. The number of aryl methyl sites for hydroxylation is 3. The average molecular weight is 328 g/mol. The lowest BCUT2D eigenvalue weighted by molar-refractivity contribution is -0.120. The van der Waals surface area contributed by atoms with E-state index in [9.17, 15) is 9.18 Å². The van der Waals surface area contributed by atoms with Crippen molar-refractivity contribution in [2.24, 2.45) is 0 Å². The van der Waals surface area contributed by atoms with E-state index in [-0.39, 0.29) is 11.7 Å². The third kappa shape index (κ3) is 5.37. The minimum atomic E-state index is -0.240. The van der Waals surface area contributed by atoms with Crippen molar-refractivity contribution in [1.82, 2.24) is 5.32 Å². The zero-order valence-electron chi connectivity index (χ0n) is 14.6. The molecule has 0 unspecified atom stereocenters.